The molecule has 27 heavy (non-hydrogen) atoms. The lowest BCUT2D eigenvalue weighted by Gasteiger charge is -2.24. The van der Waals surface area contributed by atoms with Gasteiger partial charge < -0.3 is 25.2 Å². The highest BCUT2D eigenvalue weighted by atomic mass is 16.5. The number of carbonyl (C=O) groups excluding carboxylic acids is 3. The van der Waals surface area contributed by atoms with Crippen molar-refractivity contribution in [3.63, 3.8) is 0 Å². The number of alkyl carbamates (subject to hydrolysis) is 1. The van der Waals surface area contributed by atoms with E-state index in [9.17, 15) is 19.5 Å². The van der Waals surface area contributed by atoms with Gasteiger partial charge in [0.25, 0.3) is 0 Å². The molecule has 0 aliphatic heterocycles. The highest BCUT2D eigenvalue weighted by molar-refractivity contribution is 5.89. The fourth-order valence-electron chi connectivity index (χ4n) is 2.18. The molecule has 1 aromatic rings. The summed E-state index contributed by atoms with van der Waals surface area (Å²) >= 11 is 0. The van der Waals surface area contributed by atoms with Gasteiger partial charge in [-0.1, -0.05) is 37.3 Å². The third kappa shape index (κ3) is 7.33. The van der Waals surface area contributed by atoms with Crippen molar-refractivity contribution in [1.82, 2.24) is 10.6 Å². The van der Waals surface area contributed by atoms with Crippen LogP contribution in [0, 0.1) is 17.2 Å². The summed E-state index contributed by atoms with van der Waals surface area (Å²) in [5, 5.41) is 22.8. The van der Waals surface area contributed by atoms with Crippen molar-refractivity contribution in [2.75, 3.05) is 13.7 Å². The average Bonchev–Trinajstić information content (AvgIpc) is 2.68. The van der Waals surface area contributed by atoms with Crippen LogP contribution < -0.4 is 10.6 Å². The zero-order chi connectivity index (χ0) is 20.2. The molecule has 3 atom stereocenters. The first-order chi connectivity index (χ1) is 12.9. The van der Waals surface area contributed by atoms with Crippen molar-refractivity contribution in [1.29, 1.82) is 5.26 Å². The fourth-order valence-corrected chi connectivity index (χ4v) is 2.18. The normalized spacial score (nSPS) is 13.4. The average molecular weight is 377 g/mol. The van der Waals surface area contributed by atoms with E-state index in [-0.39, 0.29) is 13.0 Å². The van der Waals surface area contributed by atoms with Gasteiger partial charge in [0.15, 0.2) is 0 Å². The van der Waals surface area contributed by atoms with Gasteiger partial charge in [0.2, 0.25) is 5.91 Å². The number of hydrogen-bond donors (Lipinski definition) is 3. The number of aliphatic hydroxyl groups is 1. The van der Waals surface area contributed by atoms with Crippen LogP contribution in [0.15, 0.2) is 30.3 Å². The standard InChI is InChI=1S/C18H23N3O6/c1-12(8-9-19)15(17(24)26-2)21-16(23)14(10-22)20-18(25)27-11-13-6-4-3-5-7-13/h3-7,12,14-15,22H,8,10-11H2,1-2H3,(H,20,25)(H,21,23)/t12-,14-,15-/m0/s1. The monoisotopic (exact) mass is 377 g/mol. The Bertz CT molecular complexity index is 673. The number of rotatable bonds is 9. The van der Waals surface area contributed by atoms with Crippen molar-refractivity contribution >= 4 is 18.0 Å². The van der Waals surface area contributed by atoms with Crippen molar-refractivity contribution in [2.24, 2.45) is 5.92 Å². The molecule has 9 nitrogen and oxygen atoms in total. The van der Waals surface area contributed by atoms with Crippen LogP contribution >= 0.6 is 0 Å². The third-order valence-electron chi connectivity index (χ3n) is 3.74. The van der Waals surface area contributed by atoms with Crippen molar-refractivity contribution < 1.29 is 29.0 Å². The minimum absolute atomic E-state index is 0.00354. The van der Waals surface area contributed by atoms with Gasteiger partial charge in [-0.15, -0.1) is 0 Å². The van der Waals surface area contributed by atoms with E-state index in [0.29, 0.717) is 0 Å². The third-order valence-corrected chi connectivity index (χ3v) is 3.74. The smallest absolute Gasteiger partial charge is 0.408 e. The van der Waals surface area contributed by atoms with Gasteiger partial charge in [-0.05, 0) is 5.56 Å². The predicted octanol–water partition coefficient (Wildman–Crippen LogP) is 0.481. The number of carbonyl (C=O) groups is 3. The number of methoxy groups -OCH3 is 1. The van der Waals surface area contributed by atoms with E-state index in [2.05, 4.69) is 15.4 Å². The number of esters is 1. The van der Waals surface area contributed by atoms with Crippen LogP contribution in [-0.4, -0.2) is 48.9 Å². The van der Waals surface area contributed by atoms with E-state index >= 15 is 0 Å². The second-order valence-corrected chi connectivity index (χ2v) is 5.79. The molecule has 1 aromatic carbocycles. The predicted molar refractivity (Wildman–Crippen MR) is 94.0 cm³/mol. The molecule has 0 fully saturated rings. The zero-order valence-electron chi connectivity index (χ0n) is 15.2. The lowest BCUT2D eigenvalue weighted by molar-refractivity contribution is -0.146. The lowest BCUT2D eigenvalue weighted by Crippen LogP contribution is -2.55. The molecule has 0 saturated carbocycles. The zero-order valence-corrected chi connectivity index (χ0v) is 15.2. The van der Waals surface area contributed by atoms with Gasteiger partial charge in [0, 0.05) is 12.3 Å². The first kappa shape index (κ1) is 21.9. The summed E-state index contributed by atoms with van der Waals surface area (Å²) in [4.78, 5) is 36.0. The maximum absolute atomic E-state index is 12.3. The molecule has 0 unspecified atom stereocenters. The van der Waals surface area contributed by atoms with E-state index in [0.717, 1.165) is 12.7 Å². The van der Waals surface area contributed by atoms with Gasteiger partial charge in [0.1, 0.15) is 18.7 Å². The molecular formula is C18H23N3O6. The summed E-state index contributed by atoms with van der Waals surface area (Å²) in [7, 11) is 1.16. The summed E-state index contributed by atoms with van der Waals surface area (Å²) in [6, 6.07) is 8.43. The second-order valence-electron chi connectivity index (χ2n) is 5.79. The van der Waals surface area contributed by atoms with E-state index in [1.807, 2.05) is 12.1 Å². The molecule has 0 aliphatic carbocycles. The highest BCUT2D eigenvalue weighted by Gasteiger charge is 2.31. The van der Waals surface area contributed by atoms with E-state index in [1.165, 1.54) is 0 Å². The summed E-state index contributed by atoms with van der Waals surface area (Å²) in [6.45, 7) is 0.893. The van der Waals surface area contributed by atoms with Crippen LogP contribution in [0.4, 0.5) is 4.79 Å². The Balaban J connectivity index is 2.64. The molecule has 0 heterocycles. The number of benzene rings is 1. The number of nitrogens with one attached hydrogen (secondary N) is 2. The molecular weight excluding hydrogens is 354 g/mol. The minimum atomic E-state index is -1.32. The van der Waals surface area contributed by atoms with Crippen LogP contribution in [0.5, 0.6) is 0 Å². The van der Waals surface area contributed by atoms with E-state index in [1.54, 1.807) is 31.2 Å². The largest absolute Gasteiger partial charge is 0.467 e. The lowest BCUT2D eigenvalue weighted by atomic mass is 9.98. The van der Waals surface area contributed by atoms with Crippen molar-refractivity contribution in [2.45, 2.75) is 32.0 Å². The molecule has 0 radical (unpaired) electrons. The van der Waals surface area contributed by atoms with Gasteiger partial charge in [-0.3, -0.25) is 4.79 Å². The van der Waals surface area contributed by atoms with Crippen LogP contribution in [0.3, 0.4) is 0 Å². The molecule has 3 N–H and O–H groups in total. The van der Waals surface area contributed by atoms with Crippen molar-refractivity contribution in [3.8, 4) is 6.07 Å². The Labute approximate surface area is 157 Å². The molecule has 0 bridgehead atoms. The Morgan fingerprint density at radius 2 is 1.89 bits per heavy atom. The topological polar surface area (TPSA) is 138 Å². The number of aliphatic hydroxyl groups excluding tert-OH is 1. The van der Waals surface area contributed by atoms with Crippen LogP contribution in [-0.2, 0) is 25.7 Å². The van der Waals surface area contributed by atoms with Gasteiger partial charge in [-0.25, -0.2) is 9.59 Å². The number of ether oxygens (including phenoxy) is 2. The minimum Gasteiger partial charge on any atom is -0.467 e. The highest BCUT2D eigenvalue weighted by Crippen LogP contribution is 2.09. The number of hydrogen-bond acceptors (Lipinski definition) is 7. The SMILES string of the molecule is COC(=O)[C@@H](NC(=O)[C@H](CO)NC(=O)OCc1ccccc1)[C@@H](C)CC#N. The maximum atomic E-state index is 12.3. The van der Waals surface area contributed by atoms with Gasteiger partial charge in [-0.2, -0.15) is 5.26 Å². The fraction of sp³-hybridized carbons (Fsp3) is 0.444. The van der Waals surface area contributed by atoms with Crippen molar-refractivity contribution in [3.05, 3.63) is 35.9 Å². The molecule has 1 rings (SSSR count). The quantitative estimate of drug-likeness (QED) is 0.532. The Morgan fingerprint density at radius 1 is 1.22 bits per heavy atom. The van der Waals surface area contributed by atoms with E-state index in [4.69, 9.17) is 10.00 Å². The first-order valence-electron chi connectivity index (χ1n) is 8.26. The Hall–Kier alpha value is -3.12. The van der Waals surface area contributed by atoms with Gasteiger partial charge in [0.05, 0.1) is 19.8 Å². The van der Waals surface area contributed by atoms with Crippen LogP contribution in [0.1, 0.15) is 18.9 Å². The molecule has 146 valence electrons. The number of nitriles is 1. The molecule has 0 saturated heterocycles. The molecule has 0 aromatic heterocycles. The Kier molecular flexibility index (Phi) is 9.33. The van der Waals surface area contributed by atoms with Crippen LogP contribution in [0.2, 0.25) is 0 Å². The molecule has 9 heteroatoms. The van der Waals surface area contributed by atoms with E-state index < -0.39 is 42.6 Å². The molecule has 0 spiro atoms. The first-order valence-corrected chi connectivity index (χ1v) is 8.26. The van der Waals surface area contributed by atoms with Gasteiger partial charge >= 0.3 is 12.1 Å². The summed E-state index contributed by atoms with van der Waals surface area (Å²) in [5.74, 6) is -2.04. The van der Waals surface area contributed by atoms with Crippen LogP contribution in [0.25, 0.3) is 0 Å². The summed E-state index contributed by atoms with van der Waals surface area (Å²) in [6.07, 6.45) is -0.885. The number of amides is 2. The second kappa shape index (κ2) is 11.5. The molecule has 2 amide bonds. The Morgan fingerprint density at radius 3 is 2.44 bits per heavy atom. The number of nitrogens with zero attached hydrogens (tertiary/aromatic N) is 1. The molecule has 0 aliphatic rings. The summed E-state index contributed by atoms with van der Waals surface area (Å²) < 4.78 is 9.62. The maximum Gasteiger partial charge on any atom is 0.408 e. The summed E-state index contributed by atoms with van der Waals surface area (Å²) in [5.41, 5.74) is 0.758.